The number of hydrogen-bond acceptors (Lipinski definition) is 4. The topological polar surface area (TPSA) is 24.9 Å². The number of rotatable bonds is 8. The van der Waals surface area contributed by atoms with E-state index in [4.69, 9.17) is 9.47 Å². The summed E-state index contributed by atoms with van der Waals surface area (Å²) in [7, 11) is 1.73. The predicted molar refractivity (Wildman–Crippen MR) is 121 cm³/mol. The summed E-state index contributed by atoms with van der Waals surface area (Å²) in [6, 6.07) is 27.1. The SMILES string of the molecule is COc1cc(OCc2ccccc2)ccc1CN1CCN(Cc2ccccc2)CC1. The Morgan fingerprint density at radius 1 is 0.700 bits per heavy atom. The van der Waals surface area contributed by atoms with E-state index in [1.54, 1.807) is 7.11 Å². The van der Waals surface area contributed by atoms with Gasteiger partial charge in [-0.05, 0) is 17.2 Å². The van der Waals surface area contributed by atoms with Gasteiger partial charge < -0.3 is 9.47 Å². The fourth-order valence-corrected chi connectivity index (χ4v) is 3.87. The molecule has 0 aliphatic carbocycles. The van der Waals surface area contributed by atoms with E-state index in [-0.39, 0.29) is 0 Å². The fraction of sp³-hybridized carbons (Fsp3) is 0.308. The van der Waals surface area contributed by atoms with Gasteiger partial charge in [-0.1, -0.05) is 66.7 Å². The Balaban J connectivity index is 1.30. The third-order valence-corrected chi connectivity index (χ3v) is 5.61. The van der Waals surface area contributed by atoms with Gasteiger partial charge in [-0.3, -0.25) is 9.80 Å². The summed E-state index contributed by atoms with van der Waals surface area (Å²) >= 11 is 0. The molecule has 0 saturated carbocycles. The highest BCUT2D eigenvalue weighted by molar-refractivity contribution is 5.41. The van der Waals surface area contributed by atoms with Crippen molar-refractivity contribution in [1.82, 2.24) is 9.80 Å². The van der Waals surface area contributed by atoms with Crippen molar-refractivity contribution in [2.75, 3.05) is 33.3 Å². The maximum atomic E-state index is 5.95. The third kappa shape index (κ3) is 5.62. The third-order valence-electron chi connectivity index (χ3n) is 5.61. The van der Waals surface area contributed by atoms with Crippen molar-refractivity contribution in [2.45, 2.75) is 19.7 Å². The Labute approximate surface area is 179 Å². The zero-order valence-corrected chi connectivity index (χ0v) is 17.7. The highest BCUT2D eigenvalue weighted by Gasteiger charge is 2.18. The number of nitrogens with zero attached hydrogens (tertiary/aromatic N) is 2. The molecule has 156 valence electrons. The van der Waals surface area contributed by atoms with Crippen molar-refractivity contribution in [2.24, 2.45) is 0 Å². The molecule has 3 aromatic carbocycles. The van der Waals surface area contributed by atoms with E-state index in [0.29, 0.717) is 6.61 Å². The van der Waals surface area contributed by atoms with Crippen molar-refractivity contribution >= 4 is 0 Å². The number of piperazine rings is 1. The van der Waals surface area contributed by atoms with Gasteiger partial charge in [-0.2, -0.15) is 0 Å². The smallest absolute Gasteiger partial charge is 0.127 e. The lowest BCUT2D eigenvalue weighted by Gasteiger charge is -2.35. The number of hydrogen-bond donors (Lipinski definition) is 0. The van der Waals surface area contributed by atoms with Crippen molar-refractivity contribution in [3.8, 4) is 11.5 Å². The molecule has 1 saturated heterocycles. The van der Waals surface area contributed by atoms with Gasteiger partial charge in [-0.25, -0.2) is 0 Å². The van der Waals surface area contributed by atoms with Crippen LogP contribution in [0.15, 0.2) is 78.9 Å². The molecular weight excluding hydrogens is 372 g/mol. The molecule has 4 nitrogen and oxygen atoms in total. The molecule has 0 aromatic heterocycles. The van der Waals surface area contributed by atoms with Crippen molar-refractivity contribution in [3.63, 3.8) is 0 Å². The van der Waals surface area contributed by atoms with E-state index in [1.807, 2.05) is 30.3 Å². The van der Waals surface area contributed by atoms with Crippen molar-refractivity contribution in [3.05, 3.63) is 95.6 Å². The monoisotopic (exact) mass is 402 g/mol. The Kier molecular flexibility index (Phi) is 7.01. The van der Waals surface area contributed by atoms with E-state index in [0.717, 1.165) is 56.3 Å². The van der Waals surface area contributed by atoms with E-state index < -0.39 is 0 Å². The summed E-state index contributed by atoms with van der Waals surface area (Å²) in [5, 5.41) is 0. The lowest BCUT2D eigenvalue weighted by molar-refractivity contribution is 0.121. The van der Waals surface area contributed by atoms with Crippen LogP contribution in [0, 0.1) is 0 Å². The second kappa shape index (κ2) is 10.3. The Morgan fingerprint density at radius 2 is 1.30 bits per heavy atom. The van der Waals surface area contributed by atoms with Crippen molar-refractivity contribution < 1.29 is 9.47 Å². The second-order valence-electron chi connectivity index (χ2n) is 7.79. The molecule has 0 unspecified atom stereocenters. The molecule has 0 bridgehead atoms. The highest BCUT2D eigenvalue weighted by Crippen LogP contribution is 2.27. The lowest BCUT2D eigenvalue weighted by Crippen LogP contribution is -2.45. The minimum absolute atomic E-state index is 0.562. The van der Waals surface area contributed by atoms with Crippen LogP contribution in [0.5, 0.6) is 11.5 Å². The molecule has 1 aliphatic rings. The highest BCUT2D eigenvalue weighted by atomic mass is 16.5. The molecule has 1 fully saturated rings. The Hall–Kier alpha value is -2.82. The van der Waals surface area contributed by atoms with Gasteiger partial charge in [0.15, 0.2) is 0 Å². The molecule has 4 heteroatoms. The maximum Gasteiger partial charge on any atom is 0.127 e. The first kappa shape index (κ1) is 20.5. The van der Waals surface area contributed by atoms with Crippen LogP contribution >= 0.6 is 0 Å². The molecule has 0 radical (unpaired) electrons. The zero-order valence-electron chi connectivity index (χ0n) is 17.7. The van der Waals surface area contributed by atoms with Gasteiger partial charge in [0.2, 0.25) is 0 Å². The van der Waals surface area contributed by atoms with Crippen LogP contribution in [0.3, 0.4) is 0 Å². The molecule has 0 N–H and O–H groups in total. The lowest BCUT2D eigenvalue weighted by atomic mass is 10.1. The summed E-state index contributed by atoms with van der Waals surface area (Å²) in [5.74, 6) is 1.74. The van der Waals surface area contributed by atoms with Gasteiger partial charge >= 0.3 is 0 Å². The van der Waals surface area contributed by atoms with Gasteiger partial charge in [0.25, 0.3) is 0 Å². The Bertz CT molecular complexity index is 907. The number of benzene rings is 3. The molecule has 30 heavy (non-hydrogen) atoms. The summed E-state index contributed by atoms with van der Waals surface area (Å²) in [5.41, 5.74) is 3.76. The molecule has 0 atom stereocenters. The van der Waals surface area contributed by atoms with Gasteiger partial charge in [0.05, 0.1) is 7.11 Å². The molecule has 1 heterocycles. The maximum absolute atomic E-state index is 5.95. The minimum Gasteiger partial charge on any atom is -0.496 e. The van der Waals surface area contributed by atoms with Crippen LogP contribution in [0.2, 0.25) is 0 Å². The number of ether oxygens (including phenoxy) is 2. The average Bonchev–Trinajstić information content (AvgIpc) is 2.81. The molecule has 0 amide bonds. The van der Waals surface area contributed by atoms with E-state index in [2.05, 4.69) is 58.3 Å². The second-order valence-corrected chi connectivity index (χ2v) is 7.79. The molecular formula is C26H30N2O2. The normalized spacial score (nSPS) is 15.1. The van der Waals surface area contributed by atoms with Gasteiger partial charge in [-0.15, -0.1) is 0 Å². The molecule has 4 rings (SSSR count). The van der Waals surface area contributed by atoms with Crippen LogP contribution in [-0.2, 0) is 19.7 Å². The average molecular weight is 403 g/mol. The molecule has 0 spiro atoms. The van der Waals surface area contributed by atoms with Crippen LogP contribution in [0.25, 0.3) is 0 Å². The largest absolute Gasteiger partial charge is 0.496 e. The number of methoxy groups -OCH3 is 1. The predicted octanol–water partition coefficient (Wildman–Crippen LogP) is 4.59. The summed E-state index contributed by atoms with van der Waals surface area (Å²) in [4.78, 5) is 5.04. The minimum atomic E-state index is 0.562. The standard InChI is InChI=1S/C26H30N2O2/c1-29-26-18-25(30-21-23-10-6-3-7-11-23)13-12-24(26)20-28-16-14-27(15-17-28)19-22-8-4-2-5-9-22/h2-13,18H,14-17,19-21H2,1H3. The first-order chi connectivity index (χ1) is 14.8. The van der Waals surface area contributed by atoms with Crippen LogP contribution < -0.4 is 9.47 Å². The van der Waals surface area contributed by atoms with Crippen LogP contribution in [0.1, 0.15) is 16.7 Å². The van der Waals surface area contributed by atoms with Crippen molar-refractivity contribution in [1.29, 1.82) is 0 Å². The molecule has 1 aliphatic heterocycles. The summed E-state index contributed by atoms with van der Waals surface area (Å²) in [6.45, 7) is 6.83. The van der Waals surface area contributed by atoms with E-state index >= 15 is 0 Å². The Morgan fingerprint density at radius 3 is 1.93 bits per heavy atom. The summed E-state index contributed by atoms with van der Waals surface area (Å²) in [6.07, 6.45) is 0. The first-order valence-corrected chi connectivity index (χ1v) is 10.6. The zero-order chi connectivity index (χ0) is 20.6. The van der Waals surface area contributed by atoms with E-state index in [9.17, 15) is 0 Å². The van der Waals surface area contributed by atoms with Crippen LogP contribution in [0.4, 0.5) is 0 Å². The summed E-state index contributed by atoms with van der Waals surface area (Å²) < 4.78 is 11.6. The fourth-order valence-electron chi connectivity index (χ4n) is 3.87. The van der Waals surface area contributed by atoms with Crippen LogP contribution in [-0.4, -0.2) is 43.1 Å². The van der Waals surface area contributed by atoms with E-state index in [1.165, 1.54) is 11.1 Å². The van der Waals surface area contributed by atoms with Gasteiger partial charge in [0, 0.05) is 50.9 Å². The van der Waals surface area contributed by atoms with Gasteiger partial charge in [0.1, 0.15) is 18.1 Å². The quantitative estimate of drug-likeness (QED) is 0.550. The first-order valence-electron chi connectivity index (χ1n) is 10.6. The molecule has 3 aromatic rings.